The average Bonchev–Trinajstić information content (AvgIpc) is 3.13. The van der Waals surface area contributed by atoms with Crippen LogP contribution in [-0.4, -0.2) is 72.6 Å². The molecule has 3 heterocycles. The predicted octanol–water partition coefficient (Wildman–Crippen LogP) is 2.53. The first-order valence-corrected chi connectivity index (χ1v) is 10.6. The van der Waals surface area contributed by atoms with Crippen LogP contribution < -0.4 is 4.90 Å². The normalized spacial score (nSPS) is 27.4. The Balaban J connectivity index is 1.37. The summed E-state index contributed by atoms with van der Waals surface area (Å²) < 4.78 is 5.85. The number of carbonyl (C=O) groups excluding carboxylic acids is 2. The van der Waals surface area contributed by atoms with E-state index in [4.69, 9.17) is 4.74 Å². The zero-order valence-corrected chi connectivity index (χ0v) is 17.0. The maximum Gasteiger partial charge on any atom is 0.253 e. The number of morpholine rings is 1. The van der Waals surface area contributed by atoms with Gasteiger partial charge in [0.25, 0.3) is 5.91 Å². The molecule has 0 N–H and O–H groups in total. The number of nitrogens with zero attached hydrogens (tertiary/aromatic N) is 3. The van der Waals surface area contributed by atoms with E-state index in [1.54, 1.807) is 4.90 Å². The summed E-state index contributed by atoms with van der Waals surface area (Å²) in [6, 6.07) is 8.09. The Morgan fingerprint density at radius 3 is 2.43 bits per heavy atom. The summed E-state index contributed by atoms with van der Waals surface area (Å²) in [6.45, 7) is 8.56. The number of anilines is 1. The van der Waals surface area contributed by atoms with Gasteiger partial charge in [-0.1, -0.05) is 6.07 Å². The molecule has 0 saturated carbocycles. The number of hydrogen-bond acceptors (Lipinski definition) is 4. The van der Waals surface area contributed by atoms with Crippen LogP contribution in [0.25, 0.3) is 0 Å². The molecule has 2 atom stereocenters. The van der Waals surface area contributed by atoms with Gasteiger partial charge in [-0.3, -0.25) is 14.5 Å². The van der Waals surface area contributed by atoms with Gasteiger partial charge < -0.3 is 14.5 Å². The molecule has 152 valence electrons. The number of amides is 2. The zero-order chi connectivity index (χ0) is 19.7. The van der Waals surface area contributed by atoms with Crippen molar-refractivity contribution in [2.45, 2.75) is 57.8 Å². The number of hydrogen-bond donors (Lipinski definition) is 0. The van der Waals surface area contributed by atoms with E-state index in [9.17, 15) is 9.59 Å². The lowest BCUT2D eigenvalue weighted by Crippen LogP contribution is -2.53. The molecular weight excluding hydrogens is 354 g/mol. The predicted molar refractivity (Wildman–Crippen MR) is 109 cm³/mol. The van der Waals surface area contributed by atoms with Crippen molar-refractivity contribution in [3.8, 4) is 0 Å². The highest BCUT2D eigenvalue weighted by Crippen LogP contribution is 2.25. The maximum atomic E-state index is 13.0. The van der Waals surface area contributed by atoms with Gasteiger partial charge >= 0.3 is 0 Å². The number of benzene rings is 1. The highest BCUT2D eigenvalue weighted by atomic mass is 16.5. The van der Waals surface area contributed by atoms with E-state index in [0.717, 1.165) is 57.7 Å². The van der Waals surface area contributed by atoms with Crippen LogP contribution in [0.4, 0.5) is 5.69 Å². The third-order valence-corrected chi connectivity index (χ3v) is 6.19. The Kier molecular flexibility index (Phi) is 5.69. The molecule has 2 amide bonds. The van der Waals surface area contributed by atoms with Crippen molar-refractivity contribution in [1.29, 1.82) is 0 Å². The van der Waals surface area contributed by atoms with Crippen molar-refractivity contribution in [2.75, 3.05) is 37.6 Å². The Bertz CT molecular complexity index is 719. The SMILES string of the molecule is C[C@@H]1CN(C2CCN(C(=O)c3cccc(N4CCCC4=O)c3)CC2)C[C@H](C)O1. The van der Waals surface area contributed by atoms with Crippen molar-refractivity contribution < 1.29 is 14.3 Å². The Morgan fingerprint density at radius 2 is 1.79 bits per heavy atom. The lowest BCUT2D eigenvalue weighted by Gasteiger charge is -2.43. The molecule has 3 aliphatic heterocycles. The van der Waals surface area contributed by atoms with Crippen LogP contribution >= 0.6 is 0 Å². The fourth-order valence-corrected chi connectivity index (χ4v) is 4.86. The van der Waals surface area contributed by atoms with E-state index >= 15 is 0 Å². The molecule has 3 aliphatic rings. The van der Waals surface area contributed by atoms with Gasteiger partial charge in [0.05, 0.1) is 12.2 Å². The van der Waals surface area contributed by atoms with Gasteiger partial charge in [0, 0.05) is 56.4 Å². The average molecular weight is 386 g/mol. The van der Waals surface area contributed by atoms with Gasteiger partial charge in [-0.2, -0.15) is 0 Å². The van der Waals surface area contributed by atoms with Crippen LogP contribution in [0.1, 0.15) is 49.9 Å². The molecule has 1 aromatic rings. The Labute approximate surface area is 167 Å². The largest absolute Gasteiger partial charge is 0.373 e. The molecule has 0 aromatic heterocycles. The van der Waals surface area contributed by atoms with Gasteiger partial charge in [-0.15, -0.1) is 0 Å². The van der Waals surface area contributed by atoms with Crippen LogP contribution in [0.3, 0.4) is 0 Å². The zero-order valence-electron chi connectivity index (χ0n) is 17.0. The minimum Gasteiger partial charge on any atom is -0.373 e. The number of rotatable bonds is 3. The van der Waals surface area contributed by atoms with Crippen molar-refractivity contribution in [2.24, 2.45) is 0 Å². The fourth-order valence-electron chi connectivity index (χ4n) is 4.86. The summed E-state index contributed by atoms with van der Waals surface area (Å²) in [5.74, 6) is 0.232. The van der Waals surface area contributed by atoms with Gasteiger partial charge in [0.1, 0.15) is 0 Å². The van der Waals surface area contributed by atoms with Crippen LogP contribution in [0.2, 0.25) is 0 Å². The van der Waals surface area contributed by atoms with Crippen LogP contribution in [0.15, 0.2) is 24.3 Å². The third kappa shape index (κ3) is 4.08. The molecule has 6 nitrogen and oxygen atoms in total. The van der Waals surface area contributed by atoms with E-state index in [1.165, 1.54) is 0 Å². The molecule has 0 spiro atoms. The molecule has 3 saturated heterocycles. The lowest BCUT2D eigenvalue weighted by atomic mass is 10.0. The van der Waals surface area contributed by atoms with E-state index in [1.807, 2.05) is 29.2 Å². The molecule has 0 aliphatic carbocycles. The first-order chi connectivity index (χ1) is 13.5. The second kappa shape index (κ2) is 8.21. The molecule has 1 aromatic carbocycles. The lowest BCUT2D eigenvalue weighted by molar-refractivity contribution is -0.117. The molecule has 0 radical (unpaired) electrons. The van der Waals surface area contributed by atoms with Gasteiger partial charge in [-0.25, -0.2) is 0 Å². The molecule has 28 heavy (non-hydrogen) atoms. The second-order valence-electron chi connectivity index (χ2n) is 8.43. The van der Waals surface area contributed by atoms with Crippen molar-refractivity contribution in [3.63, 3.8) is 0 Å². The van der Waals surface area contributed by atoms with Crippen LogP contribution in [0, 0.1) is 0 Å². The van der Waals surface area contributed by atoms with Crippen molar-refractivity contribution in [1.82, 2.24) is 9.80 Å². The molecular formula is C22H31N3O3. The standard InChI is InChI=1S/C22H31N3O3/c1-16-14-24(15-17(2)28-16)19-8-11-23(12-9-19)22(27)18-5-3-6-20(13-18)25-10-4-7-21(25)26/h3,5-6,13,16-17,19H,4,7-12,14-15H2,1-2H3/t16-,17+. The third-order valence-electron chi connectivity index (χ3n) is 6.19. The number of piperidine rings is 1. The summed E-state index contributed by atoms with van der Waals surface area (Å²) in [5, 5.41) is 0. The minimum absolute atomic E-state index is 0.0793. The van der Waals surface area contributed by atoms with Crippen molar-refractivity contribution in [3.05, 3.63) is 29.8 Å². The summed E-state index contributed by atoms with van der Waals surface area (Å²) in [7, 11) is 0. The molecule has 3 fully saturated rings. The highest BCUT2D eigenvalue weighted by molar-refractivity contribution is 5.99. The quantitative estimate of drug-likeness (QED) is 0.802. The molecule has 4 rings (SSSR count). The monoisotopic (exact) mass is 385 g/mol. The maximum absolute atomic E-state index is 13.0. The Hall–Kier alpha value is -1.92. The topological polar surface area (TPSA) is 53.1 Å². The van der Waals surface area contributed by atoms with E-state index in [-0.39, 0.29) is 24.0 Å². The van der Waals surface area contributed by atoms with E-state index < -0.39 is 0 Å². The minimum atomic E-state index is 0.0793. The summed E-state index contributed by atoms with van der Waals surface area (Å²) in [6.07, 6.45) is 4.07. The summed E-state index contributed by atoms with van der Waals surface area (Å²) >= 11 is 0. The van der Waals surface area contributed by atoms with E-state index in [0.29, 0.717) is 18.0 Å². The van der Waals surface area contributed by atoms with Crippen molar-refractivity contribution >= 4 is 17.5 Å². The fraction of sp³-hybridized carbons (Fsp3) is 0.636. The Morgan fingerprint density at radius 1 is 1.07 bits per heavy atom. The van der Waals surface area contributed by atoms with E-state index in [2.05, 4.69) is 18.7 Å². The smallest absolute Gasteiger partial charge is 0.253 e. The highest BCUT2D eigenvalue weighted by Gasteiger charge is 2.32. The van der Waals surface area contributed by atoms with Gasteiger partial charge in [0.15, 0.2) is 0 Å². The van der Waals surface area contributed by atoms with Gasteiger partial charge in [0.2, 0.25) is 5.91 Å². The summed E-state index contributed by atoms with van der Waals surface area (Å²) in [4.78, 5) is 31.3. The first-order valence-electron chi connectivity index (χ1n) is 10.6. The molecule has 6 heteroatoms. The second-order valence-corrected chi connectivity index (χ2v) is 8.43. The number of ether oxygens (including phenoxy) is 1. The number of carbonyl (C=O) groups is 2. The molecule has 0 bridgehead atoms. The number of likely N-dealkylation sites (tertiary alicyclic amines) is 1. The van der Waals surface area contributed by atoms with Crippen LogP contribution in [-0.2, 0) is 9.53 Å². The summed E-state index contributed by atoms with van der Waals surface area (Å²) in [5.41, 5.74) is 1.53. The van der Waals surface area contributed by atoms with Crippen LogP contribution in [0.5, 0.6) is 0 Å². The molecule has 0 unspecified atom stereocenters. The van der Waals surface area contributed by atoms with Gasteiger partial charge in [-0.05, 0) is 51.3 Å². The first kappa shape index (κ1) is 19.4.